The fourth-order valence-corrected chi connectivity index (χ4v) is 5.06. The van der Waals surface area contributed by atoms with Crippen molar-refractivity contribution < 1.29 is 4.79 Å². The SMILES string of the molecule is CC(C)C(=O)NC1Cc2cc(Cl)ccc2-n2c(nnc2C2CCN(c3ccccn3)CC2)C1. The van der Waals surface area contributed by atoms with E-state index >= 15 is 0 Å². The number of nitrogens with one attached hydrogen (secondary N) is 1. The number of anilines is 1. The number of carbonyl (C=O) groups excluding carboxylic acids is 1. The summed E-state index contributed by atoms with van der Waals surface area (Å²) in [6.07, 6.45) is 5.19. The minimum atomic E-state index is -0.0650. The number of benzene rings is 1. The summed E-state index contributed by atoms with van der Waals surface area (Å²) in [6, 6.07) is 12.0. The normalized spacial score (nSPS) is 18.5. The smallest absolute Gasteiger partial charge is 0.222 e. The molecule has 1 aromatic carbocycles. The Bertz CT molecular complexity index is 1140. The molecule has 33 heavy (non-hydrogen) atoms. The van der Waals surface area contributed by atoms with Gasteiger partial charge in [-0.25, -0.2) is 4.98 Å². The van der Waals surface area contributed by atoms with Gasteiger partial charge >= 0.3 is 0 Å². The highest BCUT2D eigenvalue weighted by molar-refractivity contribution is 6.30. The third-order valence-electron chi connectivity index (χ3n) is 6.64. The minimum Gasteiger partial charge on any atom is -0.357 e. The van der Waals surface area contributed by atoms with Crippen LogP contribution < -0.4 is 10.2 Å². The maximum atomic E-state index is 12.4. The van der Waals surface area contributed by atoms with E-state index in [9.17, 15) is 4.79 Å². The first-order chi connectivity index (χ1) is 16.0. The Kier molecular flexibility index (Phi) is 6.06. The zero-order valence-electron chi connectivity index (χ0n) is 19.0. The van der Waals surface area contributed by atoms with Crippen LogP contribution in [0.1, 0.15) is 49.8 Å². The number of carbonyl (C=O) groups is 1. The van der Waals surface area contributed by atoms with Crippen LogP contribution in [0.25, 0.3) is 5.69 Å². The molecule has 5 rings (SSSR count). The first-order valence-electron chi connectivity index (χ1n) is 11.7. The molecule has 3 aromatic rings. The minimum absolute atomic E-state index is 0.0404. The number of hydrogen-bond donors (Lipinski definition) is 1. The summed E-state index contributed by atoms with van der Waals surface area (Å²) in [4.78, 5) is 19.3. The zero-order chi connectivity index (χ0) is 22.9. The van der Waals surface area contributed by atoms with Gasteiger partial charge in [-0.2, -0.15) is 0 Å². The number of nitrogens with zero attached hydrogens (tertiary/aromatic N) is 5. The van der Waals surface area contributed by atoms with Gasteiger partial charge in [-0.1, -0.05) is 31.5 Å². The monoisotopic (exact) mass is 464 g/mol. The van der Waals surface area contributed by atoms with Crippen molar-refractivity contribution in [2.45, 2.75) is 51.5 Å². The molecule has 8 heteroatoms. The average Bonchev–Trinajstić information content (AvgIpc) is 3.16. The third kappa shape index (κ3) is 4.47. The number of pyridine rings is 1. The van der Waals surface area contributed by atoms with Gasteiger partial charge in [0.25, 0.3) is 0 Å². The Balaban J connectivity index is 1.44. The number of aromatic nitrogens is 4. The zero-order valence-corrected chi connectivity index (χ0v) is 19.8. The maximum Gasteiger partial charge on any atom is 0.222 e. The Labute approximate surface area is 199 Å². The van der Waals surface area contributed by atoms with Crippen LogP contribution in [-0.4, -0.2) is 44.8 Å². The van der Waals surface area contributed by atoms with E-state index in [-0.39, 0.29) is 17.9 Å². The van der Waals surface area contributed by atoms with E-state index in [4.69, 9.17) is 11.6 Å². The molecule has 1 saturated heterocycles. The number of rotatable bonds is 4. The van der Waals surface area contributed by atoms with Gasteiger partial charge in [0, 0.05) is 48.6 Å². The predicted octanol–water partition coefficient (Wildman–Crippen LogP) is 3.94. The first kappa shape index (κ1) is 21.9. The number of halogens is 1. The van der Waals surface area contributed by atoms with Crippen LogP contribution in [0.15, 0.2) is 42.6 Å². The van der Waals surface area contributed by atoms with Gasteiger partial charge in [-0.15, -0.1) is 10.2 Å². The fourth-order valence-electron chi connectivity index (χ4n) is 4.86. The lowest BCUT2D eigenvalue weighted by atomic mass is 9.95. The molecule has 172 valence electrons. The van der Waals surface area contributed by atoms with Crippen molar-refractivity contribution in [1.82, 2.24) is 25.1 Å². The van der Waals surface area contributed by atoms with Crippen molar-refractivity contribution in [1.29, 1.82) is 0 Å². The van der Waals surface area contributed by atoms with Gasteiger partial charge in [0.1, 0.15) is 17.5 Å². The number of hydrogen-bond acceptors (Lipinski definition) is 5. The lowest BCUT2D eigenvalue weighted by Gasteiger charge is -2.32. The second kappa shape index (κ2) is 9.14. The van der Waals surface area contributed by atoms with Crippen molar-refractivity contribution in [3.63, 3.8) is 0 Å². The molecule has 1 fully saturated rings. The van der Waals surface area contributed by atoms with Crippen molar-refractivity contribution >= 4 is 23.3 Å². The molecule has 2 aliphatic rings. The molecule has 2 aromatic heterocycles. The predicted molar refractivity (Wildman–Crippen MR) is 129 cm³/mol. The van der Waals surface area contributed by atoms with Crippen LogP contribution in [-0.2, 0) is 17.6 Å². The molecule has 1 N–H and O–H groups in total. The Morgan fingerprint density at radius 3 is 2.67 bits per heavy atom. The van der Waals surface area contributed by atoms with E-state index in [1.165, 1.54) is 0 Å². The van der Waals surface area contributed by atoms with Crippen molar-refractivity contribution in [3.8, 4) is 5.69 Å². The van der Waals surface area contributed by atoms with Gasteiger partial charge in [0.2, 0.25) is 5.91 Å². The van der Waals surface area contributed by atoms with Gasteiger partial charge in [-0.05, 0) is 55.2 Å². The number of fused-ring (bicyclic) bond motifs is 3. The average molecular weight is 465 g/mol. The van der Waals surface area contributed by atoms with E-state index < -0.39 is 0 Å². The van der Waals surface area contributed by atoms with E-state index in [0.29, 0.717) is 17.4 Å². The summed E-state index contributed by atoms with van der Waals surface area (Å²) in [5.74, 6) is 3.23. The van der Waals surface area contributed by atoms with Crippen molar-refractivity contribution in [2.75, 3.05) is 18.0 Å². The van der Waals surface area contributed by atoms with Gasteiger partial charge in [0.15, 0.2) is 0 Å². The summed E-state index contributed by atoms with van der Waals surface area (Å²) < 4.78 is 2.22. The van der Waals surface area contributed by atoms with E-state index in [0.717, 1.165) is 61.1 Å². The van der Waals surface area contributed by atoms with E-state index in [1.807, 2.05) is 44.3 Å². The van der Waals surface area contributed by atoms with Gasteiger partial charge in [-0.3, -0.25) is 9.36 Å². The third-order valence-corrected chi connectivity index (χ3v) is 6.87. The molecule has 0 radical (unpaired) electrons. The molecule has 4 heterocycles. The van der Waals surface area contributed by atoms with Gasteiger partial charge in [0.05, 0.1) is 5.69 Å². The highest BCUT2D eigenvalue weighted by Crippen LogP contribution is 2.34. The Morgan fingerprint density at radius 2 is 1.94 bits per heavy atom. The summed E-state index contributed by atoms with van der Waals surface area (Å²) in [5, 5.41) is 13.2. The molecule has 1 atom stereocenters. The van der Waals surface area contributed by atoms with Crippen LogP contribution >= 0.6 is 11.6 Å². The molecular formula is C25H29ClN6O. The fraction of sp³-hybridized carbons (Fsp3) is 0.440. The second-order valence-electron chi connectivity index (χ2n) is 9.30. The van der Waals surface area contributed by atoms with Crippen LogP contribution in [0.5, 0.6) is 0 Å². The molecule has 0 spiro atoms. The lowest BCUT2D eigenvalue weighted by molar-refractivity contribution is -0.124. The summed E-state index contributed by atoms with van der Waals surface area (Å²) in [7, 11) is 0. The Morgan fingerprint density at radius 1 is 1.12 bits per heavy atom. The molecule has 2 aliphatic heterocycles. The number of amides is 1. The van der Waals surface area contributed by atoms with Gasteiger partial charge < -0.3 is 10.2 Å². The summed E-state index contributed by atoms with van der Waals surface area (Å²) in [6.45, 7) is 5.69. The summed E-state index contributed by atoms with van der Waals surface area (Å²) in [5.41, 5.74) is 2.19. The van der Waals surface area contributed by atoms with E-state index in [2.05, 4.69) is 42.1 Å². The lowest BCUT2D eigenvalue weighted by Crippen LogP contribution is -2.40. The summed E-state index contributed by atoms with van der Waals surface area (Å²) >= 11 is 6.36. The highest BCUT2D eigenvalue weighted by Gasteiger charge is 2.31. The van der Waals surface area contributed by atoms with Crippen LogP contribution in [0.2, 0.25) is 5.02 Å². The first-order valence-corrected chi connectivity index (χ1v) is 12.1. The van der Waals surface area contributed by atoms with Crippen LogP contribution in [0.3, 0.4) is 0 Å². The van der Waals surface area contributed by atoms with Crippen molar-refractivity contribution in [3.05, 3.63) is 64.8 Å². The van der Waals surface area contributed by atoms with E-state index in [1.54, 1.807) is 0 Å². The van der Waals surface area contributed by atoms with Crippen molar-refractivity contribution in [2.24, 2.45) is 5.92 Å². The molecule has 0 bridgehead atoms. The molecule has 0 aliphatic carbocycles. The molecule has 1 amide bonds. The van der Waals surface area contributed by atoms with Crippen LogP contribution in [0.4, 0.5) is 5.82 Å². The Hall–Kier alpha value is -2.93. The molecular weight excluding hydrogens is 436 g/mol. The molecule has 7 nitrogen and oxygen atoms in total. The number of piperidine rings is 1. The standard InChI is InChI=1S/C25H29ClN6O/c1-16(2)25(33)28-20-14-18-13-19(26)6-7-21(18)32-23(15-20)29-30-24(32)17-8-11-31(12-9-17)22-5-3-4-10-27-22/h3-7,10,13,16-17,20H,8-9,11-12,14-15H2,1-2H3,(H,28,33). The maximum absolute atomic E-state index is 12.4. The highest BCUT2D eigenvalue weighted by atomic mass is 35.5. The van der Waals surface area contributed by atoms with Crippen LogP contribution in [0, 0.1) is 5.92 Å². The second-order valence-corrected chi connectivity index (χ2v) is 9.74. The molecule has 0 saturated carbocycles. The largest absolute Gasteiger partial charge is 0.357 e. The molecule has 1 unspecified atom stereocenters. The quantitative estimate of drug-likeness (QED) is 0.633. The topological polar surface area (TPSA) is 75.9 Å².